The van der Waals surface area contributed by atoms with Crippen LogP contribution >= 0.6 is 0 Å². The first kappa shape index (κ1) is 19.2. The van der Waals surface area contributed by atoms with Crippen LogP contribution in [0.5, 0.6) is 0 Å². The second-order valence-electron chi connectivity index (χ2n) is 6.74. The number of hydrogen-bond acceptors (Lipinski definition) is 8. The highest BCUT2D eigenvalue weighted by Gasteiger charge is 2.24. The molecule has 1 aromatic heterocycles. The van der Waals surface area contributed by atoms with Crippen molar-refractivity contribution in [3.8, 4) is 0 Å². The molecule has 0 aliphatic carbocycles. The molecular weight excluding hydrogens is 350 g/mol. The van der Waals surface area contributed by atoms with Gasteiger partial charge in [0.15, 0.2) is 5.82 Å². The minimum atomic E-state index is -0.304. The Balaban J connectivity index is 1.68. The van der Waals surface area contributed by atoms with Crippen LogP contribution in [-0.4, -0.2) is 53.3 Å². The number of aryl methyl sites for hydroxylation is 1. The largest absolute Gasteiger partial charge is 0.374 e. The molecule has 1 fully saturated rings. The van der Waals surface area contributed by atoms with Gasteiger partial charge < -0.3 is 14.2 Å². The van der Waals surface area contributed by atoms with Gasteiger partial charge in [0.05, 0.1) is 11.5 Å². The lowest BCUT2D eigenvalue weighted by atomic mass is 10.1. The number of ether oxygens (including phenoxy) is 1. The molecule has 9 heteroatoms. The molecule has 1 aromatic carbocycles. The molecule has 1 aliphatic heterocycles. The average Bonchev–Trinajstić information content (AvgIpc) is 3.00. The van der Waals surface area contributed by atoms with E-state index in [1.165, 1.54) is 0 Å². The van der Waals surface area contributed by atoms with Crippen molar-refractivity contribution in [2.24, 2.45) is 0 Å². The highest BCUT2D eigenvalue weighted by Crippen LogP contribution is 2.32. The summed E-state index contributed by atoms with van der Waals surface area (Å²) in [6.07, 6.45) is 0.699. The molecular formula is C18H25N5O4. The van der Waals surface area contributed by atoms with Crippen molar-refractivity contribution >= 4 is 11.4 Å². The van der Waals surface area contributed by atoms with Gasteiger partial charge in [-0.25, -0.2) is 0 Å². The predicted molar refractivity (Wildman–Crippen MR) is 99.7 cm³/mol. The van der Waals surface area contributed by atoms with Crippen molar-refractivity contribution in [2.75, 3.05) is 38.2 Å². The summed E-state index contributed by atoms with van der Waals surface area (Å²) in [6.45, 7) is 7.47. The van der Waals surface area contributed by atoms with Crippen molar-refractivity contribution in [1.82, 2.24) is 15.0 Å². The number of rotatable bonds is 6. The fourth-order valence-corrected chi connectivity index (χ4v) is 3.35. The van der Waals surface area contributed by atoms with Crippen molar-refractivity contribution in [2.45, 2.75) is 32.9 Å². The SMILES string of the molecule is COC(C)c1noc(CN2CCCN(c3c(C)cccc3[N+](=O)[O-])CC2)n1. The van der Waals surface area contributed by atoms with E-state index in [4.69, 9.17) is 9.26 Å². The first-order chi connectivity index (χ1) is 13.0. The van der Waals surface area contributed by atoms with E-state index in [0.717, 1.165) is 37.3 Å². The lowest BCUT2D eigenvalue weighted by Crippen LogP contribution is -2.31. The smallest absolute Gasteiger partial charge is 0.292 e. The summed E-state index contributed by atoms with van der Waals surface area (Å²) < 4.78 is 10.5. The van der Waals surface area contributed by atoms with E-state index >= 15 is 0 Å². The maximum Gasteiger partial charge on any atom is 0.292 e. The van der Waals surface area contributed by atoms with Crippen LogP contribution in [0.25, 0.3) is 0 Å². The molecule has 27 heavy (non-hydrogen) atoms. The molecule has 1 unspecified atom stereocenters. The minimum absolute atomic E-state index is 0.165. The molecule has 0 spiro atoms. The van der Waals surface area contributed by atoms with E-state index in [9.17, 15) is 10.1 Å². The monoisotopic (exact) mass is 375 g/mol. The van der Waals surface area contributed by atoms with E-state index < -0.39 is 0 Å². The molecule has 1 saturated heterocycles. The molecule has 2 heterocycles. The number of aromatic nitrogens is 2. The molecule has 0 radical (unpaired) electrons. The van der Waals surface area contributed by atoms with Crippen LogP contribution in [-0.2, 0) is 11.3 Å². The maximum atomic E-state index is 11.4. The number of nitro benzene ring substituents is 1. The first-order valence-electron chi connectivity index (χ1n) is 9.06. The van der Waals surface area contributed by atoms with Crippen molar-refractivity contribution < 1.29 is 14.2 Å². The third kappa shape index (κ3) is 4.42. The Hall–Kier alpha value is -2.52. The zero-order valence-electron chi connectivity index (χ0n) is 15.9. The summed E-state index contributed by atoms with van der Waals surface area (Å²) in [6, 6.07) is 5.22. The van der Waals surface area contributed by atoms with Gasteiger partial charge in [-0.2, -0.15) is 4.98 Å². The molecule has 1 atom stereocenters. The topological polar surface area (TPSA) is 97.8 Å². The second-order valence-corrected chi connectivity index (χ2v) is 6.74. The number of anilines is 1. The molecule has 0 bridgehead atoms. The van der Waals surface area contributed by atoms with E-state index in [2.05, 4.69) is 19.9 Å². The third-order valence-electron chi connectivity index (χ3n) is 4.88. The number of benzene rings is 1. The van der Waals surface area contributed by atoms with Gasteiger partial charge in [-0.1, -0.05) is 17.3 Å². The quantitative estimate of drug-likeness (QED) is 0.561. The summed E-state index contributed by atoms with van der Waals surface area (Å²) >= 11 is 0. The van der Waals surface area contributed by atoms with Gasteiger partial charge >= 0.3 is 0 Å². The van der Waals surface area contributed by atoms with E-state index in [-0.39, 0.29) is 16.7 Å². The van der Waals surface area contributed by atoms with Crippen LogP contribution < -0.4 is 4.90 Å². The highest BCUT2D eigenvalue weighted by molar-refractivity contribution is 5.67. The van der Waals surface area contributed by atoms with E-state index in [1.807, 2.05) is 19.9 Å². The normalized spacial score (nSPS) is 16.9. The van der Waals surface area contributed by atoms with Gasteiger partial charge in [-0.05, 0) is 25.8 Å². The van der Waals surface area contributed by atoms with Gasteiger partial charge in [-0.15, -0.1) is 0 Å². The van der Waals surface area contributed by atoms with Crippen LogP contribution in [0.4, 0.5) is 11.4 Å². The van der Waals surface area contributed by atoms with Crippen molar-refractivity contribution in [1.29, 1.82) is 0 Å². The van der Waals surface area contributed by atoms with E-state index in [1.54, 1.807) is 19.2 Å². The molecule has 2 aromatic rings. The molecule has 0 saturated carbocycles. The molecule has 3 rings (SSSR count). The predicted octanol–water partition coefficient (Wildman–Crippen LogP) is 2.71. The van der Waals surface area contributed by atoms with Gasteiger partial charge in [0.1, 0.15) is 11.8 Å². The number of para-hydroxylation sites is 1. The lowest BCUT2D eigenvalue weighted by molar-refractivity contribution is -0.384. The average molecular weight is 375 g/mol. The lowest BCUT2D eigenvalue weighted by Gasteiger charge is -2.24. The summed E-state index contributed by atoms with van der Waals surface area (Å²) in [5.74, 6) is 1.10. The van der Waals surface area contributed by atoms with Gasteiger partial charge in [-0.3, -0.25) is 15.0 Å². The summed E-state index contributed by atoms with van der Waals surface area (Å²) in [5, 5.41) is 15.4. The Kier molecular flexibility index (Phi) is 6.02. The Labute approximate surface area is 158 Å². The van der Waals surface area contributed by atoms with Crippen LogP contribution in [0.1, 0.15) is 36.7 Å². The highest BCUT2D eigenvalue weighted by atomic mass is 16.6. The van der Waals surface area contributed by atoms with Gasteiger partial charge in [0, 0.05) is 39.4 Å². The molecule has 1 aliphatic rings. The Morgan fingerprint density at radius 2 is 2.15 bits per heavy atom. The number of methoxy groups -OCH3 is 1. The Morgan fingerprint density at radius 3 is 2.89 bits per heavy atom. The van der Waals surface area contributed by atoms with Gasteiger partial charge in [0.25, 0.3) is 5.69 Å². The fourth-order valence-electron chi connectivity index (χ4n) is 3.35. The van der Waals surface area contributed by atoms with E-state index in [0.29, 0.717) is 24.8 Å². The van der Waals surface area contributed by atoms with Crippen LogP contribution in [0, 0.1) is 17.0 Å². The van der Waals surface area contributed by atoms with Gasteiger partial charge in [0.2, 0.25) is 5.89 Å². The third-order valence-corrected chi connectivity index (χ3v) is 4.88. The van der Waals surface area contributed by atoms with Crippen molar-refractivity contribution in [3.05, 3.63) is 45.6 Å². The number of nitro groups is 1. The molecule has 9 nitrogen and oxygen atoms in total. The van der Waals surface area contributed by atoms with Crippen LogP contribution in [0.15, 0.2) is 22.7 Å². The van der Waals surface area contributed by atoms with Crippen LogP contribution in [0.2, 0.25) is 0 Å². The van der Waals surface area contributed by atoms with Crippen LogP contribution in [0.3, 0.4) is 0 Å². The summed E-state index contributed by atoms with van der Waals surface area (Å²) in [7, 11) is 1.61. The molecule has 0 N–H and O–H groups in total. The number of nitrogens with zero attached hydrogens (tertiary/aromatic N) is 5. The fraction of sp³-hybridized carbons (Fsp3) is 0.556. The minimum Gasteiger partial charge on any atom is -0.374 e. The first-order valence-corrected chi connectivity index (χ1v) is 9.06. The Bertz CT molecular complexity index is 794. The zero-order valence-corrected chi connectivity index (χ0v) is 15.9. The Morgan fingerprint density at radius 1 is 1.33 bits per heavy atom. The number of hydrogen-bond donors (Lipinski definition) is 0. The molecule has 146 valence electrons. The summed E-state index contributed by atoms with van der Waals surface area (Å²) in [5.41, 5.74) is 1.81. The standard InChI is InChI=1S/C18H25N5O4/c1-13-6-4-7-15(23(24)25)17(13)22-9-5-8-21(10-11-22)12-16-19-18(20-27-16)14(2)26-3/h4,6-7,14H,5,8-12H2,1-3H3. The summed E-state index contributed by atoms with van der Waals surface area (Å²) in [4.78, 5) is 19.8. The zero-order chi connectivity index (χ0) is 19.4. The molecule has 0 amide bonds. The second kappa shape index (κ2) is 8.45. The maximum absolute atomic E-state index is 11.4. The van der Waals surface area contributed by atoms with Crippen molar-refractivity contribution in [3.63, 3.8) is 0 Å².